The Balaban J connectivity index is 3.56. The van der Waals surface area contributed by atoms with Gasteiger partial charge in [0, 0.05) is 10.7 Å². The summed E-state index contributed by atoms with van der Waals surface area (Å²) < 4.78 is 22.2. The SMILES string of the molecule is CCc1cc(S(=O)(=O)Cl)cc(C#N)c1Cl. The molecule has 1 aromatic rings. The van der Waals surface area contributed by atoms with Crippen molar-refractivity contribution >= 4 is 31.3 Å². The highest BCUT2D eigenvalue weighted by molar-refractivity contribution is 8.13. The molecule has 0 spiro atoms. The van der Waals surface area contributed by atoms with Crippen molar-refractivity contribution in [3.63, 3.8) is 0 Å². The van der Waals surface area contributed by atoms with Crippen molar-refractivity contribution in [2.75, 3.05) is 0 Å². The lowest BCUT2D eigenvalue weighted by atomic mass is 10.1. The van der Waals surface area contributed by atoms with E-state index in [9.17, 15) is 8.42 Å². The van der Waals surface area contributed by atoms with E-state index in [2.05, 4.69) is 0 Å². The van der Waals surface area contributed by atoms with E-state index in [1.807, 2.05) is 13.0 Å². The third-order valence-corrected chi connectivity index (χ3v) is 3.68. The van der Waals surface area contributed by atoms with Crippen LogP contribution in [-0.4, -0.2) is 8.42 Å². The highest BCUT2D eigenvalue weighted by atomic mass is 35.7. The predicted octanol–water partition coefficient (Wildman–Crippen LogP) is 2.70. The van der Waals surface area contributed by atoms with E-state index in [0.29, 0.717) is 12.0 Å². The monoisotopic (exact) mass is 263 g/mol. The minimum absolute atomic E-state index is 0.0954. The van der Waals surface area contributed by atoms with E-state index >= 15 is 0 Å². The van der Waals surface area contributed by atoms with Crippen LogP contribution in [0, 0.1) is 11.3 Å². The molecule has 0 saturated heterocycles. The maximum Gasteiger partial charge on any atom is 0.261 e. The molecule has 0 aromatic heterocycles. The van der Waals surface area contributed by atoms with Gasteiger partial charge in [0.2, 0.25) is 0 Å². The van der Waals surface area contributed by atoms with Crippen LogP contribution in [0.3, 0.4) is 0 Å². The summed E-state index contributed by atoms with van der Waals surface area (Å²) in [5.41, 5.74) is 0.713. The van der Waals surface area contributed by atoms with Gasteiger partial charge >= 0.3 is 0 Å². The summed E-state index contributed by atoms with van der Waals surface area (Å²) in [6.07, 6.45) is 0.535. The van der Waals surface area contributed by atoms with Crippen LogP contribution in [-0.2, 0) is 15.5 Å². The Morgan fingerprint density at radius 3 is 2.47 bits per heavy atom. The van der Waals surface area contributed by atoms with Crippen LogP contribution < -0.4 is 0 Å². The molecular formula is C9H7Cl2NO2S. The molecule has 0 aliphatic carbocycles. The van der Waals surface area contributed by atoms with Gasteiger partial charge in [-0.2, -0.15) is 5.26 Å². The number of nitriles is 1. The minimum Gasteiger partial charge on any atom is -0.207 e. The number of benzene rings is 1. The van der Waals surface area contributed by atoms with Crippen molar-refractivity contribution in [2.24, 2.45) is 0 Å². The van der Waals surface area contributed by atoms with E-state index in [1.54, 1.807) is 0 Å². The first kappa shape index (κ1) is 12.3. The third kappa shape index (κ3) is 2.63. The fourth-order valence-corrected chi connectivity index (χ4v) is 2.23. The molecule has 0 amide bonds. The van der Waals surface area contributed by atoms with E-state index in [-0.39, 0.29) is 15.5 Å². The first-order valence-corrected chi connectivity index (χ1v) is 6.76. The topological polar surface area (TPSA) is 57.9 Å². The van der Waals surface area contributed by atoms with Gasteiger partial charge in [-0.25, -0.2) is 8.42 Å². The lowest BCUT2D eigenvalue weighted by molar-refractivity contribution is 0.609. The van der Waals surface area contributed by atoms with E-state index in [4.69, 9.17) is 27.5 Å². The Morgan fingerprint density at radius 1 is 1.47 bits per heavy atom. The molecule has 0 saturated carbocycles. The standard InChI is InChI=1S/C9H7Cl2NO2S/c1-2-6-3-8(15(11,13)14)4-7(5-12)9(6)10/h3-4H,2H2,1H3. The smallest absolute Gasteiger partial charge is 0.207 e. The van der Waals surface area contributed by atoms with Gasteiger partial charge in [0.25, 0.3) is 9.05 Å². The fourth-order valence-electron chi connectivity index (χ4n) is 1.13. The molecule has 0 aliphatic rings. The summed E-state index contributed by atoms with van der Waals surface area (Å²) >= 11 is 5.87. The van der Waals surface area contributed by atoms with Gasteiger partial charge in [0.15, 0.2) is 0 Å². The zero-order valence-electron chi connectivity index (χ0n) is 7.79. The zero-order valence-corrected chi connectivity index (χ0v) is 10.1. The molecule has 0 radical (unpaired) electrons. The summed E-state index contributed by atoms with van der Waals surface area (Å²) in [6, 6.07) is 4.38. The second-order valence-corrected chi connectivity index (χ2v) is 5.79. The second-order valence-electron chi connectivity index (χ2n) is 2.85. The molecule has 0 fully saturated rings. The third-order valence-electron chi connectivity index (χ3n) is 1.90. The second kappa shape index (κ2) is 4.40. The van der Waals surface area contributed by atoms with Crippen LogP contribution in [0.1, 0.15) is 18.1 Å². The summed E-state index contributed by atoms with van der Waals surface area (Å²) in [5.74, 6) is 0. The van der Waals surface area contributed by atoms with Crippen LogP contribution in [0.25, 0.3) is 0 Å². The van der Waals surface area contributed by atoms with Gasteiger partial charge in [-0.3, -0.25) is 0 Å². The molecule has 1 aromatic carbocycles. The zero-order chi connectivity index (χ0) is 11.6. The van der Waals surface area contributed by atoms with Gasteiger partial charge in [-0.05, 0) is 24.1 Å². The van der Waals surface area contributed by atoms with Gasteiger partial charge in [-0.1, -0.05) is 18.5 Å². The van der Waals surface area contributed by atoms with Gasteiger partial charge in [-0.15, -0.1) is 0 Å². The van der Waals surface area contributed by atoms with Gasteiger partial charge in [0.1, 0.15) is 6.07 Å². The summed E-state index contributed by atoms with van der Waals surface area (Å²) in [5, 5.41) is 9.04. The number of nitrogens with zero attached hydrogens (tertiary/aromatic N) is 1. The first-order chi connectivity index (χ1) is 6.90. The van der Waals surface area contributed by atoms with Crippen molar-refractivity contribution in [2.45, 2.75) is 18.2 Å². The Hall–Kier alpha value is -0.760. The maximum absolute atomic E-state index is 11.1. The quantitative estimate of drug-likeness (QED) is 0.771. The molecule has 3 nitrogen and oxygen atoms in total. The fraction of sp³-hybridized carbons (Fsp3) is 0.222. The normalized spacial score (nSPS) is 11.1. The summed E-state index contributed by atoms with van der Waals surface area (Å²) in [4.78, 5) is -0.0954. The molecular weight excluding hydrogens is 257 g/mol. The van der Waals surface area contributed by atoms with Crippen molar-refractivity contribution < 1.29 is 8.42 Å². The molecule has 0 aliphatic heterocycles. The average Bonchev–Trinajstić information content (AvgIpc) is 2.16. The van der Waals surface area contributed by atoms with Crippen LogP contribution in [0.2, 0.25) is 5.02 Å². The molecule has 1 rings (SSSR count). The maximum atomic E-state index is 11.1. The van der Waals surface area contributed by atoms with E-state index < -0.39 is 9.05 Å². The minimum atomic E-state index is -3.82. The Kier molecular flexibility index (Phi) is 3.61. The van der Waals surface area contributed by atoms with Crippen molar-refractivity contribution in [1.29, 1.82) is 5.26 Å². The first-order valence-electron chi connectivity index (χ1n) is 4.07. The molecule has 0 N–H and O–H groups in total. The Morgan fingerprint density at radius 2 is 2.07 bits per heavy atom. The number of rotatable bonds is 2. The molecule has 15 heavy (non-hydrogen) atoms. The average molecular weight is 264 g/mol. The highest BCUT2D eigenvalue weighted by Crippen LogP contribution is 2.27. The molecule has 0 atom stereocenters. The lowest BCUT2D eigenvalue weighted by Crippen LogP contribution is -1.96. The van der Waals surface area contributed by atoms with E-state index in [0.717, 1.165) is 0 Å². The van der Waals surface area contributed by atoms with Gasteiger partial charge in [0.05, 0.1) is 15.5 Å². The molecule has 6 heteroatoms. The highest BCUT2D eigenvalue weighted by Gasteiger charge is 2.15. The number of halogens is 2. The molecule has 0 bridgehead atoms. The Bertz CT molecular complexity index is 532. The summed E-state index contributed by atoms with van der Waals surface area (Å²) in [6.45, 7) is 1.81. The van der Waals surface area contributed by atoms with Crippen LogP contribution in [0.15, 0.2) is 17.0 Å². The summed E-state index contributed by atoms with van der Waals surface area (Å²) in [7, 11) is 1.37. The van der Waals surface area contributed by atoms with Crippen molar-refractivity contribution in [1.82, 2.24) is 0 Å². The van der Waals surface area contributed by atoms with Crippen LogP contribution in [0.5, 0.6) is 0 Å². The lowest BCUT2D eigenvalue weighted by Gasteiger charge is -2.05. The number of hydrogen-bond donors (Lipinski definition) is 0. The molecule has 80 valence electrons. The molecule has 0 unspecified atom stereocenters. The number of aryl methyl sites for hydroxylation is 1. The molecule has 0 heterocycles. The van der Waals surface area contributed by atoms with Crippen LogP contribution in [0.4, 0.5) is 0 Å². The van der Waals surface area contributed by atoms with Gasteiger partial charge < -0.3 is 0 Å². The predicted molar refractivity (Wildman–Crippen MR) is 58.6 cm³/mol. The van der Waals surface area contributed by atoms with Crippen molar-refractivity contribution in [3.05, 3.63) is 28.3 Å². The largest absolute Gasteiger partial charge is 0.261 e. The van der Waals surface area contributed by atoms with Crippen LogP contribution >= 0.6 is 22.3 Å². The van der Waals surface area contributed by atoms with E-state index in [1.165, 1.54) is 12.1 Å². The Labute approximate surface area is 97.7 Å². The number of hydrogen-bond acceptors (Lipinski definition) is 3. The van der Waals surface area contributed by atoms with Crippen molar-refractivity contribution in [3.8, 4) is 6.07 Å².